The van der Waals surface area contributed by atoms with Gasteiger partial charge in [-0.3, -0.25) is 4.79 Å². The maximum atomic E-state index is 11.9. The monoisotopic (exact) mass is 204 g/mol. The van der Waals surface area contributed by atoms with Crippen LogP contribution in [0.25, 0.3) is 0 Å². The Balaban J connectivity index is 2.86. The Hall–Kier alpha value is -1.11. The van der Waals surface area contributed by atoms with E-state index in [0.29, 0.717) is 0 Å². The van der Waals surface area contributed by atoms with Gasteiger partial charge in [-0.25, -0.2) is 0 Å². The first-order valence-electron chi connectivity index (χ1n) is 5.59. The molecular formula is C14H20O. The molecule has 1 heteroatoms. The van der Waals surface area contributed by atoms with Crippen LogP contribution in [0, 0.1) is 11.3 Å². The van der Waals surface area contributed by atoms with Gasteiger partial charge in [0.15, 0.2) is 5.78 Å². The third-order valence-corrected chi connectivity index (χ3v) is 2.84. The van der Waals surface area contributed by atoms with Crippen LogP contribution in [0.15, 0.2) is 36.0 Å². The zero-order chi connectivity index (χ0) is 11.5. The zero-order valence-corrected chi connectivity index (χ0v) is 10.1. The van der Waals surface area contributed by atoms with E-state index < -0.39 is 0 Å². The van der Waals surface area contributed by atoms with E-state index in [1.54, 1.807) is 0 Å². The molecule has 1 atom stereocenters. The number of carbonyl (C=O) groups is 1. The van der Waals surface area contributed by atoms with Gasteiger partial charge in [-0.05, 0) is 6.42 Å². The molecule has 0 aliphatic heterocycles. The van der Waals surface area contributed by atoms with Gasteiger partial charge >= 0.3 is 0 Å². The van der Waals surface area contributed by atoms with E-state index in [1.807, 2.05) is 32.1 Å². The van der Waals surface area contributed by atoms with Crippen molar-refractivity contribution in [2.45, 2.75) is 34.1 Å². The summed E-state index contributed by atoms with van der Waals surface area (Å²) in [6.07, 6.45) is 10.9. The topological polar surface area (TPSA) is 17.1 Å². The molecule has 0 spiro atoms. The number of ketones is 1. The van der Waals surface area contributed by atoms with Crippen molar-refractivity contribution < 1.29 is 4.79 Å². The van der Waals surface area contributed by atoms with Crippen molar-refractivity contribution in [1.82, 2.24) is 0 Å². The largest absolute Gasteiger partial charge is 0.294 e. The quantitative estimate of drug-likeness (QED) is 0.685. The molecule has 1 aliphatic carbocycles. The van der Waals surface area contributed by atoms with Gasteiger partial charge in [-0.1, -0.05) is 58.1 Å². The number of hydrogen-bond donors (Lipinski definition) is 0. The zero-order valence-electron chi connectivity index (χ0n) is 10.1. The number of Topliss-reactive ketones (excluding diaryl/α,β-unsaturated/α-hetero) is 1. The molecule has 0 aromatic rings. The summed E-state index contributed by atoms with van der Waals surface area (Å²) in [5.74, 6) is 0.367. The highest BCUT2D eigenvalue weighted by Crippen LogP contribution is 2.24. The van der Waals surface area contributed by atoms with E-state index in [1.165, 1.54) is 0 Å². The predicted molar refractivity (Wildman–Crippen MR) is 64.6 cm³/mol. The maximum Gasteiger partial charge on any atom is 0.165 e. The lowest BCUT2D eigenvalue weighted by molar-refractivity contribution is -0.118. The summed E-state index contributed by atoms with van der Waals surface area (Å²) >= 11 is 0. The molecule has 0 saturated carbocycles. The molecule has 0 saturated heterocycles. The number of allylic oxidation sites excluding steroid dienone is 6. The fourth-order valence-corrected chi connectivity index (χ4v) is 1.45. The van der Waals surface area contributed by atoms with Gasteiger partial charge in [0.05, 0.1) is 0 Å². The van der Waals surface area contributed by atoms with Crippen LogP contribution in [0.3, 0.4) is 0 Å². The van der Waals surface area contributed by atoms with Gasteiger partial charge in [-0.2, -0.15) is 0 Å². The standard InChI is InChI=1S/C14H20O/c1-5-11(2)13(15)12-7-6-9-14(3,4)10-8-12/h6-11H,5H2,1-4H3. The van der Waals surface area contributed by atoms with E-state index in [2.05, 4.69) is 26.0 Å². The molecule has 0 amide bonds. The van der Waals surface area contributed by atoms with Crippen molar-refractivity contribution in [3.63, 3.8) is 0 Å². The van der Waals surface area contributed by atoms with Crippen LogP contribution in [-0.2, 0) is 4.79 Å². The first kappa shape index (κ1) is 12.0. The number of rotatable bonds is 3. The van der Waals surface area contributed by atoms with E-state index in [0.717, 1.165) is 12.0 Å². The molecule has 0 aromatic heterocycles. The van der Waals surface area contributed by atoms with Gasteiger partial charge in [0.25, 0.3) is 0 Å². The minimum atomic E-state index is 0.0496. The lowest BCUT2D eigenvalue weighted by Gasteiger charge is -2.12. The Morgan fingerprint density at radius 2 is 2.07 bits per heavy atom. The van der Waals surface area contributed by atoms with Gasteiger partial charge in [0.2, 0.25) is 0 Å². The first-order chi connectivity index (χ1) is 6.96. The third kappa shape index (κ3) is 3.19. The van der Waals surface area contributed by atoms with Crippen molar-refractivity contribution in [1.29, 1.82) is 0 Å². The Bertz CT molecular complexity index is 329. The van der Waals surface area contributed by atoms with Crippen LogP contribution >= 0.6 is 0 Å². The molecule has 15 heavy (non-hydrogen) atoms. The number of carbonyl (C=O) groups excluding carboxylic acids is 1. The molecule has 82 valence electrons. The van der Waals surface area contributed by atoms with Crippen LogP contribution in [0.1, 0.15) is 34.1 Å². The molecular weight excluding hydrogens is 184 g/mol. The lowest BCUT2D eigenvalue weighted by Crippen LogP contribution is -2.11. The van der Waals surface area contributed by atoms with Crippen molar-refractivity contribution in [3.8, 4) is 0 Å². The molecule has 0 radical (unpaired) electrons. The summed E-state index contributed by atoms with van der Waals surface area (Å²) in [6.45, 7) is 8.29. The molecule has 1 rings (SSSR count). The Kier molecular flexibility index (Phi) is 3.67. The molecule has 1 nitrogen and oxygen atoms in total. The van der Waals surface area contributed by atoms with Crippen molar-refractivity contribution >= 4 is 5.78 Å². The SMILES string of the molecule is CCC(C)C(=O)C1=CC=CC(C)(C)C=C1. The average molecular weight is 204 g/mol. The van der Waals surface area contributed by atoms with E-state index >= 15 is 0 Å². The molecule has 0 fully saturated rings. The van der Waals surface area contributed by atoms with Crippen molar-refractivity contribution in [2.75, 3.05) is 0 Å². The second-order valence-electron chi connectivity index (χ2n) is 4.81. The van der Waals surface area contributed by atoms with E-state index in [4.69, 9.17) is 0 Å². The number of hydrogen-bond acceptors (Lipinski definition) is 1. The minimum absolute atomic E-state index is 0.0496. The lowest BCUT2D eigenvalue weighted by atomic mass is 9.92. The first-order valence-corrected chi connectivity index (χ1v) is 5.59. The highest BCUT2D eigenvalue weighted by Gasteiger charge is 2.17. The van der Waals surface area contributed by atoms with Crippen LogP contribution in [0.5, 0.6) is 0 Å². The normalized spacial score (nSPS) is 20.7. The smallest absolute Gasteiger partial charge is 0.165 e. The Labute approximate surface area is 92.6 Å². The molecule has 1 aliphatic rings. The Morgan fingerprint density at radius 3 is 2.67 bits per heavy atom. The highest BCUT2D eigenvalue weighted by molar-refractivity contribution is 5.99. The summed E-state index contributed by atoms with van der Waals surface area (Å²) in [5.41, 5.74) is 0.875. The van der Waals surface area contributed by atoms with Gasteiger partial charge in [0.1, 0.15) is 0 Å². The predicted octanol–water partition coefficient (Wildman–Crippen LogP) is 3.68. The molecule has 1 unspecified atom stereocenters. The van der Waals surface area contributed by atoms with Crippen molar-refractivity contribution in [2.24, 2.45) is 11.3 Å². The maximum absolute atomic E-state index is 11.9. The van der Waals surface area contributed by atoms with Crippen molar-refractivity contribution in [3.05, 3.63) is 36.0 Å². The molecule has 0 N–H and O–H groups in total. The second kappa shape index (κ2) is 4.61. The van der Waals surface area contributed by atoms with Crippen LogP contribution in [0.2, 0.25) is 0 Å². The summed E-state index contributed by atoms with van der Waals surface area (Å²) in [5, 5.41) is 0. The fourth-order valence-electron chi connectivity index (χ4n) is 1.45. The summed E-state index contributed by atoms with van der Waals surface area (Å²) in [6, 6.07) is 0. The second-order valence-corrected chi connectivity index (χ2v) is 4.81. The summed E-state index contributed by atoms with van der Waals surface area (Å²) in [4.78, 5) is 11.9. The molecule has 0 bridgehead atoms. The minimum Gasteiger partial charge on any atom is -0.294 e. The van der Waals surface area contributed by atoms with Gasteiger partial charge in [0, 0.05) is 16.9 Å². The Morgan fingerprint density at radius 1 is 1.40 bits per heavy atom. The summed E-state index contributed by atoms with van der Waals surface area (Å²) in [7, 11) is 0. The third-order valence-electron chi connectivity index (χ3n) is 2.84. The van der Waals surface area contributed by atoms with Gasteiger partial charge in [-0.15, -0.1) is 0 Å². The summed E-state index contributed by atoms with van der Waals surface area (Å²) < 4.78 is 0. The average Bonchev–Trinajstić information content (AvgIpc) is 2.37. The van der Waals surface area contributed by atoms with Crippen LogP contribution in [0.4, 0.5) is 0 Å². The molecule has 0 aromatic carbocycles. The van der Waals surface area contributed by atoms with Gasteiger partial charge < -0.3 is 0 Å². The molecule has 0 heterocycles. The van der Waals surface area contributed by atoms with Crippen LogP contribution in [-0.4, -0.2) is 5.78 Å². The van der Waals surface area contributed by atoms with E-state index in [-0.39, 0.29) is 17.1 Å². The highest BCUT2D eigenvalue weighted by atomic mass is 16.1. The van der Waals surface area contributed by atoms with E-state index in [9.17, 15) is 4.79 Å². The van der Waals surface area contributed by atoms with Crippen LogP contribution < -0.4 is 0 Å². The fraction of sp³-hybridized carbons (Fsp3) is 0.500.